The van der Waals surface area contributed by atoms with Crippen LogP contribution in [0, 0.1) is 5.82 Å². The normalized spacial score (nSPS) is 15.4. The van der Waals surface area contributed by atoms with Gasteiger partial charge in [-0.05, 0) is 69.8 Å². The summed E-state index contributed by atoms with van der Waals surface area (Å²) in [7, 11) is 0. The molecule has 0 saturated heterocycles. The summed E-state index contributed by atoms with van der Waals surface area (Å²) >= 11 is 6.04. The van der Waals surface area contributed by atoms with Gasteiger partial charge in [-0.15, -0.1) is 0 Å². The van der Waals surface area contributed by atoms with Crippen molar-refractivity contribution in [2.45, 2.75) is 37.8 Å². The van der Waals surface area contributed by atoms with Crippen LogP contribution in [-0.2, 0) is 40.3 Å². The molecule has 0 bridgehead atoms. The van der Waals surface area contributed by atoms with Crippen LogP contribution in [0.3, 0.4) is 0 Å². The molecule has 4 aromatic carbocycles. The highest BCUT2D eigenvalue weighted by molar-refractivity contribution is 6.30. The van der Waals surface area contributed by atoms with Gasteiger partial charge in [-0.2, -0.15) is 0 Å². The maximum absolute atomic E-state index is 13.5. The number of aliphatic carboxylic acids is 1. The Hall–Kier alpha value is -4.69. The van der Waals surface area contributed by atoms with E-state index in [4.69, 9.17) is 21.4 Å². The molecule has 0 aromatic heterocycles. The van der Waals surface area contributed by atoms with E-state index in [9.17, 15) is 18.8 Å². The predicted molar refractivity (Wildman–Crippen MR) is 161 cm³/mol. The lowest BCUT2D eigenvalue weighted by atomic mass is 9.93. The highest BCUT2D eigenvalue weighted by Crippen LogP contribution is 2.34. The van der Waals surface area contributed by atoms with E-state index in [1.54, 1.807) is 36.4 Å². The van der Waals surface area contributed by atoms with Gasteiger partial charge in [0.25, 0.3) is 0 Å². The van der Waals surface area contributed by atoms with Crippen LogP contribution in [0.25, 0.3) is 11.1 Å². The average Bonchev–Trinajstić information content (AvgIpc) is 3.36. The Labute approximate surface area is 253 Å². The summed E-state index contributed by atoms with van der Waals surface area (Å²) in [4.78, 5) is 37.8. The molecule has 0 radical (unpaired) electrons. The first-order chi connectivity index (χ1) is 20.7. The monoisotopic (exact) mass is 600 g/mol. The number of benzene rings is 4. The second kappa shape index (κ2) is 13.1. The molecule has 0 aliphatic heterocycles. The van der Waals surface area contributed by atoms with Crippen molar-refractivity contribution in [2.24, 2.45) is 0 Å². The van der Waals surface area contributed by atoms with Crippen LogP contribution in [0.5, 0.6) is 5.75 Å². The van der Waals surface area contributed by atoms with Crippen LogP contribution in [0.2, 0.25) is 5.02 Å². The third kappa shape index (κ3) is 7.59. The first kappa shape index (κ1) is 29.8. The van der Waals surface area contributed by atoms with Crippen molar-refractivity contribution in [1.82, 2.24) is 10.6 Å². The minimum absolute atomic E-state index is 0.0365. The number of nitrogens with one attached hydrogen (secondary N) is 2. The van der Waals surface area contributed by atoms with Crippen molar-refractivity contribution in [3.8, 4) is 16.9 Å². The molecule has 0 heterocycles. The molecule has 1 aliphatic carbocycles. The van der Waals surface area contributed by atoms with Gasteiger partial charge < -0.3 is 20.5 Å². The van der Waals surface area contributed by atoms with Crippen molar-refractivity contribution in [3.05, 3.63) is 124 Å². The van der Waals surface area contributed by atoms with Gasteiger partial charge in [0.05, 0.1) is 12.8 Å². The smallest absolute Gasteiger partial charge is 0.305 e. The molecule has 2 amide bonds. The number of rotatable bonds is 11. The highest BCUT2D eigenvalue weighted by atomic mass is 35.5. The van der Waals surface area contributed by atoms with E-state index in [1.807, 2.05) is 42.5 Å². The molecule has 0 spiro atoms. The third-order valence-electron chi connectivity index (χ3n) is 7.41. The Morgan fingerprint density at radius 2 is 1.49 bits per heavy atom. The first-order valence-corrected chi connectivity index (χ1v) is 14.2. The zero-order chi connectivity index (χ0) is 30.4. The fraction of sp³-hybridized carbons (Fsp3) is 0.206. The van der Waals surface area contributed by atoms with Crippen molar-refractivity contribution in [3.63, 3.8) is 0 Å². The number of amides is 2. The van der Waals surface area contributed by atoms with Crippen LogP contribution in [0.4, 0.5) is 4.39 Å². The summed E-state index contributed by atoms with van der Waals surface area (Å²) in [5.41, 5.74) is 4.12. The Balaban J connectivity index is 1.27. The largest absolute Gasteiger partial charge is 0.489 e. The summed E-state index contributed by atoms with van der Waals surface area (Å²) < 4.78 is 18.9. The summed E-state index contributed by atoms with van der Waals surface area (Å²) in [6, 6.07) is 26.6. The van der Waals surface area contributed by atoms with Gasteiger partial charge in [0, 0.05) is 24.4 Å². The second-order valence-electron chi connectivity index (χ2n) is 10.6. The molecule has 1 aliphatic rings. The van der Waals surface area contributed by atoms with Gasteiger partial charge in [-0.1, -0.05) is 66.2 Å². The third-order valence-corrected chi connectivity index (χ3v) is 7.66. The molecule has 4 aromatic rings. The van der Waals surface area contributed by atoms with Gasteiger partial charge >= 0.3 is 5.97 Å². The summed E-state index contributed by atoms with van der Waals surface area (Å²) in [5, 5.41) is 15.4. The number of hydrogen-bond acceptors (Lipinski definition) is 4. The van der Waals surface area contributed by atoms with E-state index in [-0.39, 0.29) is 50.6 Å². The van der Waals surface area contributed by atoms with Gasteiger partial charge in [-0.25, -0.2) is 4.39 Å². The number of halogens is 2. The average molecular weight is 601 g/mol. The highest BCUT2D eigenvalue weighted by Gasteiger charge is 2.45. The predicted octanol–water partition coefficient (Wildman–Crippen LogP) is 5.51. The van der Waals surface area contributed by atoms with E-state index < -0.39 is 17.4 Å². The lowest BCUT2D eigenvalue weighted by Gasteiger charge is -2.29. The Morgan fingerprint density at radius 3 is 2.19 bits per heavy atom. The number of carboxylic acid groups (broad SMARTS) is 1. The number of fused-ring (bicyclic) bond motifs is 1. The minimum atomic E-state index is -1.26. The maximum Gasteiger partial charge on any atom is 0.305 e. The molecular weight excluding hydrogens is 571 g/mol. The number of ether oxygens (including phenoxy) is 1. The molecule has 5 rings (SSSR count). The lowest BCUT2D eigenvalue weighted by Crippen LogP contribution is -2.60. The van der Waals surface area contributed by atoms with Gasteiger partial charge in [0.15, 0.2) is 0 Å². The molecule has 7 nitrogen and oxygen atoms in total. The maximum atomic E-state index is 13.5. The van der Waals surface area contributed by atoms with Crippen LogP contribution < -0.4 is 15.4 Å². The van der Waals surface area contributed by atoms with Crippen molar-refractivity contribution < 1.29 is 28.6 Å². The number of hydrogen-bond donors (Lipinski definition) is 3. The molecule has 1 unspecified atom stereocenters. The van der Waals surface area contributed by atoms with Crippen LogP contribution in [-0.4, -0.2) is 35.0 Å². The zero-order valence-corrected chi connectivity index (χ0v) is 24.0. The van der Waals surface area contributed by atoms with E-state index in [2.05, 4.69) is 10.6 Å². The standard InChI is InChI=1S/C34H30ClFN2O5/c35-28-9-7-24(8-10-28)25-5-6-26-19-34(20-27(26)18-25,33(42)37-16-15-32(40)41)38-31(39)17-22-3-13-30(14-4-22)43-21-23-1-11-29(36)12-2-23/h1-14,18H,15-17,19-21H2,(H,37,42)(H,38,39)(H,40,41). The molecular formula is C34H30ClFN2O5. The topological polar surface area (TPSA) is 105 Å². The van der Waals surface area contributed by atoms with E-state index in [0.717, 1.165) is 33.4 Å². The zero-order valence-electron chi connectivity index (χ0n) is 23.2. The van der Waals surface area contributed by atoms with Crippen LogP contribution >= 0.6 is 11.6 Å². The van der Waals surface area contributed by atoms with Crippen molar-refractivity contribution >= 4 is 29.4 Å². The van der Waals surface area contributed by atoms with Crippen molar-refractivity contribution in [2.75, 3.05) is 6.54 Å². The SMILES string of the molecule is O=C(O)CCNC(=O)C1(NC(=O)Cc2ccc(OCc3ccc(F)cc3)cc2)Cc2ccc(-c3ccc(Cl)cc3)cc2C1. The fourth-order valence-electron chi connectivity index (χ4n) is 5.20. The van der Waals surface area contributed by atoms with Crippen LogP contribution in [0.15, 0.2) is 91.0 Å². The minimum Gasteiger partial charge on any atom is -0.489 e. The van der Waals surface area contributed by atoms with Gasteiger partial charge in [0.2, 0.25) is 11.8 Å². The molecule has 220 valence electrons. The molecule has 3 N–H and O–H groups in total. The number of carboxylic acids is 1. The van der Waals surface area contributed by atoms with E-state index in [0.29, 0.717) is 10.8 Å². The first-order valence-electron chi connectivity index (χ1n) is 13.8. The summed E-state index contributed by atoms with van der Waals surface area (Å²) in [6.45, 7) is 0.234. The van der Waals surface area contributed by atoms with E-state index in [1.165, 1.54) is 12.1 Å². The Kier molecular flexibility index (Phi) is 9.07. The molecule has 0 saturated carbocycles. The molecule has 1 atom stereocenters. The van der Waals surface area contributed by atoms with Crippen LogP contribution in [0.1, 0.15) is 28.7 Å². The Bertz CT molecular complexity index is 1620. The molecule has 0 fully saturated rings. The van der Waals surface area contributed by atoms with Gasteiger partial charge in [-0.3, -0.25) is 14.4 Å². The van der Waals surface area contributed by atoms with Gasteiger partial charge in [0.1, 0.15) is 23.7 Å². The number of carbonyl (C=O) groups is 3. The van der Waals surface area contributed by atoms with Crippen molar-refractivity contribution in [1.29, 1.82) is 0 Å². The molecule has 43 heavy (non-hydrogen) atoms. The Morgan fingerprint density at radius 1 is 0.837 bits per heavy atom. The van der Waals surface area contributed by atoms with E-state index >= 15 is 0 Å². The number of carbonyl (C=O) groups excluding carboxylic acids is 2. The summed E-state index contributed by atoms with van der Waals surface area (Å²) in [5.74, 6) is -1.48. The fourth-order valence-corrected chi connectivity index (χ4v) is 5.33. The summed E-state index contributed by atoms with van der Waals surface area (Å²) in [6.07, 6.45) is 0.363. The quantitative estimate of drug-likeness (QED) is 0.211. The lowest BCUT2D eigenvalue weighted by molar-refractivity contribution is -0.137. The molecule has 9 heteroatoms. The second-order valence-corrected chi connectivity index (χ2v) is 11.0.